The molecule has 3 heteroatoms. The summed E-state index contributed by atoms with van der Waals surface area (Å²) in [5.41, 5.74) is 0.664. The molecule has 1 aliphatic heterocycles. The molecule has 3 aliphatic rings. The lowest BCUT2D eigenvalue weighted by Gasteiger charge is -2.60. The molecular weight excluding hydrogens is 324 g/mol. The van der Waals surface area contributed by atoms with Crippen LogP contribution in [0.3, 0.4) is 0 Å². The van der Waals surface area contributed by atoms with Crippen molar-refractivity contribution in [2.45, 2.75) is 97.2 Å². The molecule has 6 atom stereocenters. The molecule has 148 valence electrons. The van der Waals surface area contributed by atoms with Gasteiger partial charge in [-0.2, -0.15) is 0 Å². The highest BCUT2D eigenvalue weighted by atomic mass is 16.8. The zero-order chi connectivity index (χ0) is 19.5. The van der Waals surface area contributed by atoms with E-state index >= 15 is 0 Å². The fourth-order valence-electron chi connectivity index (χ4n) is 6.33. The maximum atomic E-state index is 10.5. The Balaban J connectivity index is 1.99. The van der Waals surface area contributed by atoms with Crippen molar-refractivity contribution < 1.29 is 14.6 Å². The van der Waals surface area contributed by atoms with Crippen LogP contribution in [-0.4, -0.2) is 28.7 Å². The molecule has 0 aromatic heterocycles. The van der Waals surface area contributed by atoms with Crippen molar-refractivity contribution in [1.29, 1.82) is 0 Å². The molecule has 2 saturated carbocycles. The van der Waals surface area contributed by atoms with Crippen molar-refractivity contribution in [3.63, 3.8) is 0 Å². The number of ether oxygens (including phenoxy) is 2. The first kappa shape index (κ1) is 20.1. The van der Waals surface area contributed by atoms with E-state index in [1.54, 1.807) is 6.08 Å². The van der Waals surface area contributed by atoms with Crippen molar-refractivity contribution in [2.24, 2.45) is 22.7 Å². The Labute approximate surface area is 159 Å². The smallest absolute Gasteiger partial charge is 0.164 e. The van der Waals surface area contributed by atoms with E-state index < -0.39 is 11.4 Å². The minimum absolute atomic E-state index is 0.0425. The van der Waals surface area contributed by atoms with E-state index in [9.17, 15) is 5.11 Å². The molecule has 2 aliphatic carbocycles. The minimum Gasteiger partial charge on any atom is -0.386 e. The Morgan fingerprint density at radius 1 is 1.19 bits per heavy atom. The average Bonchev–Trinajstić information content (AvgIpc) is 2.81. The van der Waals surface area contributed by atoms with E-state index in [2.05, 4.69) is 33.9 Å². The van der Waals surface area contributed by atoms with E-state index in [0.717, 1.165) is 12.0 Å². The molecular formula is C23H38O3. The topological polar surface area (TPSA) is 38.7 Å². The molecule has 0 aromatic carbocycles. The van der Waals surface area contributed by atoms with Crippen LogP contribution in [0.4, 0.5) is 0 Å². The SMILES string of the molecule is C=C[C@@](C)(O)CC[C@H]1C(=C)[C@H]2OC(C)(C)O[C@@H]2[C@@H]2C(C)(C)CCC[C@@]21C. The van der Waals surface area contributed by atoms with Gasteiger partial charge in [-0.05, 0) is 74.7 Å². The molecule has 1 N–H and O–H groups in total. The van der Waals surface area contributed by atoms with Crippen LogP contribution in [0.25, 0.3) is 0 Å². The molecule has 0 spiro atoms. The highest BCUT2D eigenvalue weighted by Crippen LogP contribution is 2.64. The summed E-state index contributed by atoms with van der Waals surface area (Å²) in [5.74, 6) is 0.200. The van der Waals surface area contributed by atoms with E-state index in [1.807, 2.05) is 20.8 Å². The highest BCUT2D eigenvalue weighted by Gasteiger charge is 2.63. The Bertz CT molecular complexity index is 588. The first-order chi connectivity index (χ1) is 11.8. The van der Waals surface area contributed by atoms with Gasteiger partial charge in [0.15, 0.2) is 5.79 Å². The van der Waals surface area contributed by atoms with Crippen LogP contribution in [-0.2, 0) is 9.47 Å². The maximum Gasteiger partial charge on any atom is 0.164 e. The Hall–Kier alpha value is -0.640. The molecule has 0 bridgehead atoms. The maximum absolute atomic E-state index is 10.5. The summed E-state index contributed by atoms with van der Waals surface area (Å²) in [5, 5.41) is 10.5. The lowest BCUT2D eigenvalue weighted by Crippen LogP contribution is -2.59. The summed E-state index contributed by atoms with van der Waals surface area (Å²) in [6.45, 7) is 21.4. The summed E-state index contributed by atoms with van der Waals surface area (Å²) in [4.78, 5) is 0. The second-order valence-electron chi connectivity index (χ2n) is 10.6. The first-order valence-corrected chi connectivity index (χ1v) is 10.2. The third-order valence-corrected chi connectivity index (χ3v) is 7.53. The third kappa shape index (κ3) is 3.21. The fourth-order valence-corrected chi connectivity index (χ4v) is 6.33. The molecule has 26 heavy (non-hydrogen) atoms. The van der Waals surface area contributed by atoms with E-state index in [0.29, 0.717) is 18.3 Å². The first-order valence-electron chi connectivity index (χ1n) is 10.2. The monoisotopic (exact) mass is 362 g/mol. The van der Waals surface area contributed by atoms with Gasteiger partial charge >= 0.3 is 0 Å². The molecule has 1 saturated heterocycles. The Morgan fingerprint density at radius 2 is 1.85 bits per heavy atom. The van der Waals surface area contributed by atoms with Crippen molar-refractivity contribution in [3.05, 3.63) is 24.8 Å². The quantitative estimate of drug-likeness (QED) is 0.695. The summed E-state index contributed by atoms with van der Waals surface area (Å²) in [6, 6.07) is 0. The van der Waals surface area contributed by atoms with E-state index in [1.165, 1.54) is 19.3 Å². The van der Waals surface area contributed by atoms with Crippen molar-refractivity contribution in [2.75, 3.05) is 0 Å². The molecule has 3 fully saturated rings. The van der Waals surface area contributed by atoms with E-state index in [4.69, 9.17) is 9.47 Å². The van der Waals surface area contributed by atoms with Gasteiger partial charge in [-0.1, -0.05) is 39.8 Å². The zero-order valence-electron chi connectivity index (χ0n) is 17.6. The molecule has 1 heterocycles. The van der Waals surface area contributed by atoms with Gasteiger partial charge in [-0.25, -0.2) is 0 Å². The van der Waals surface area contributed by atoms with Crippen LogP contribution in [0.2, 0.25) is 0 Å². The van der Waals surface area contributed by atoms with Gasteiger partial charge in [0.05, 0.1) is 11.7 Å². The van der Waals surface area contributed by atoms with Crippen LogP contribution in [0.5, 0.6) is 0 Å². The van der Waals surface area contributed by atoms with E-state index in [-0.39, 0.29) is 23.0 Å². The molecule has 0 amide bonds. The summed E-state index contributed by atoms with van der Waals surface area (Å²) >= 11 is 0. The van der Waals surface area contributed by atoms with Crippen molar-refractivity contribution in [1.82, 2.24) is 0 Å². The number of aliphatic hydroxyl groups is 1. The van der Waals surface area contributed by atoms with Crippen molar-refractivity contribution >= 4 is 0 Å². The fraction of sp³-hybridized carbons (Fsp3) is 0.826. The van der Waals surface area contributed by atoms with Gasteiger partial charge in [0.25, 0.3) is 0 Å². The van der Waals surface area contributed by atoms with Crippen LogP contribution in [0, 0.1) is 22.7 Å². The zero-order valence-corrected chi connectivity index (χ0v) is 17.6. The minimum atomic E-state index is -0.834. The molecule has 0 aromatic rings. The van der Waals surface area contributed by atoms with Gasteiger partial charge in [-0.3, -0.25) is 0 Å². The Kier molecular flexibility index (Phi) is 4.78. The predicted octanol–water partition coefficient (Wildman–Crippen LogP) is 5.24. The lowest BCUT2D eigenvalue weighted by atomic mass is 9.45. The van der Waals surface area contributed by atoms with Crippen LogP contribution < -0.4 is 0 Å². The van der Waals surface area contributed by atoms with Gasteiger partial charge < -0.3 is 14.6 Å². The summed E-state index contributed by atoms with van der Waals surface area (Å²) in [6.07, 6.45) is 6.96. The largest absolute Gasteiger partial charge is 0.386 e. The van der Waals surface area contributed by atoms with Crippen LogP contribution >= 0.6 is 0 Å². The van der Waals surface area contributed by atoms with Gasteiger partial charge in [-0.15, -0.1) is 6.58 Å². The molecule has 0 unspecified atom stereocenters. The Morgan fingerprint density at radius 3 is 2.46 bits per heavy atom. The highest BCUT2D eigenvalue weighted by molar-refractivity contribution is 5.25. The normalized spacial score (nSPS) is 43.3. The molecule has 3 rings (SSSR count). The van der Waals surface area contributed by atoms with Crippen molar-refractivity contribution in [3.8, 4) is 0 Å². The van der Waals surface area contributed by atoms with Crippen LogP contribution in [0.15, 0.2) is 24.8 Å². The standard InChI is InChI=1S/C23H38O3/c1-9-22(7,24)14-11-16-15(2)17-18(26-21(5,6)25-17)19-20(3,4)12-10-13-23(16,19)8/h9,16-19,24H,1-2,10-14H2,3-8H3/t16-,17+,18-,19+,22+,23+/m0/s1. The third-order valence-electron chi connectivity index (χ3n) is 7.53. The average molecular weight is 363 g/mol. The summed E-state index contributed by atoms with van der Waals surface area (Å²) < 4.78 is 12.8. The van der Waals surface area contributed by atoms with Crippen LogP contribution in [0.1, 0.15) is 73.6 Å². The lowest BCUT2D eigenvalue weighted by molar-refractivity contribution is -0.171. The number of rotatable bonds is 4. The second kappa shape index (κ2) is 6.18. The summed E-state index contributed by atoms with van der Waals surface area (Å²) in [7, 11) is 0. The number of hydrogen-bond donors (Lipinski definition) is 1. The van der Waals surface area contributed by atoms with Gasteiger partial charge in [0.2, 0.25) is 0 Å². The number of hydrogen-bond acceptors (Lipinski definition) is 3. The number of fused-ring (bicyclic) bond motifs is 3. The van der Waals surface area contributed by atoms with Gasteiger partial charge in [0, 0.05) is 0 Å². The molecule has 0 radical (unpaired) electrons. The second-order valence-corrected chi connectivity index (χ2v) is 10.6. The molecule has 3 nitrogen and oxygen atoms in total. The predicted molar refractivity (Wildman–Crippen MR) is 106 cm³/mol. The van der Waals surface area contributed by atoms with Gasteiger partial charge in [0.1, 0.15) is 6.10 Å².